The van der Waals surface area contributed by atoms with Crippen molar-refractivity contribution in [3.63, 3.8) is 0 Å². The first-order valence-corrected chi connectivity index (χ1v) is 15.3. The highest BCUT2D eigenvalue weighted by Gasteiger charge is 2.24. The molecule has 9 heteroatoms. The molecule has 0 saturated heterocycles. The normalized spacial score (nSPS) is 11.9. The minimum absolute atomic E-state index is 0.0313. The highest BCUT2D eigenvalue weighted by molar-refractivity contribution is 14.1. The molecule has 1 atom stereocenters. The third-order valence-electron chi connectivity index (χ3n) is 6.35. The van der Waals surface area contributed by atoms with Crippen LogP contribution in [0.4, 0.5) is 5.69 Å². The van der Waals surface area contributed by atoms with Crippen molar-refractivity contribution in [2.75, 3.05) is 4.72 Å². The first-order valence-electron chi connectivity index (χ1n) is 12.8. The summed E-state index contributed by atoms with van der Waals surface area (Å²) >= 11 is 2.02. The van der Waals surface area contributed by atoms with Gasteiger partial charge in [-0.3, -0.25) is 9.52 Å². The van der Waals surface area contributed by atoms with Gasteiger partial charge in [0, 0.05) is 9.99 Å². The Hall–Kier alpha value is -3.70. The minimum atomic E-state index is -3.98. The molecule has 0 aliphatic carbocycles. The van der Waals surface area contributed by atoms with Crippen molar-refractivity contribution < 1.29 is 23.1 Å². The fraction of sp³-hybridized carbons (Fsp3) is 0.161. The number of hydrogen-bond donors (Lipinski definition) is 3. The van der Waals surface area contributed by atoms with Crippen LogP contribution >= 0.6 is 22.6 Å². The van der Waals surface area contributed by atoms with Crippen molar-refractivity contribution in [1.29, 1.82) is 0 Å². The minimum Gasteiger partial charge on any atom is -0.480 e. The predicted molar refractivity (Wildman–Crippen MR) is 165 cm³/mol. The fourth-order valence-corrected chi connectivity index (χ4v) is 5.83. The van der Waals surface area contributed by atoms with Crippen LogP contribution < -0.4 is 10.0 Å². The number of rotatable bonds is 11. The molecule has 1 amide bonds. The van der Waals surface area contributed by atoms with E-state index in [0.717, 1.165) is 35.1 Å². The molecule has 4 aromatic rings. The van der Waals surface area contributed by atoms with Gasteiger partial charge in [0.05, 0.1) is 16.1 Å². The van der Waals surface area contributed by atoms with Gasteiger partial charge in [-0.25, -0.2) is 13.2 Å². The van der Waals surface area contributed by atoms with Crippen molar-refractivity contribution in [2.45, 2.75) is 37.1 Å². The molecule has 40 heavy (non-hydrogen) atoms. The maximum Gasteiger partial charge on any atom is 0.326 e. The van der Waals surface area contributed by atoms with Gasteiger partial charge in [-0.05, 0) is 81.6 Å². The molecule has 3 N–H and O–H groups in total. The molecule has 0 spiro atoms. The molecule has 4 rings (SSSR count). The van der Waals surface area contributed by atoms with Crippen LogP contribution in [-0.4, -0.2) is 31.4 Å². The molecule has 206 valence electrons. The number of halogens is 1. The van der Waals surface area contributed by atoms with E-state index in [-0.39, 0.29) is 22.6 Å². The molecule has 0 aliphatic rings. The molecule has 0 heterocycles. The Bertz CT molecular complexity index is 1590. The summed E-state index contributed by atoms with van der Waals surface area (Å²) in [5.41, 5.74) is 3.90. The van der Waals surface area contributed by atoms with Gasteiger partial charge in [0.1, 0.15) is 6.04 Å². The predicted octanol–water partition coefficient (Wildman–Crippen LogP) is 6.14. The summed E-state index contributed by atoms with van der Waals surface area (Å²) in [6.45, 7) is 2.05. The average molecular weight is 669 g/mol. The van der Waals surface area contributed by atoms with Gasteiger partial charge in [-0.1, -0.05) is 80.1 Å². The van der Waals surface area contributed by atoms with E-state index in [1.54, 1.807) is 18.2 Å². The zero-order valence-electron chi connectivity index (χ0n) is 21.8. The summed E-state index contributed by atoms with van der Waals surface area (Å²) in [7, 11) is -3.98. The largest absolute Gasteiger partial charge is 0.480 e. The Morgan fingerprint density at radius 3 is 2.10 bits per heavy atom. The lowest BCUT2D eigenvalue weighted by Gasteiger charge is -2.18. The van der Waals surface area contributed by atoms with Gasteiger partial charge < -0.3 is 10.4 Å². The zero-order valence-corrected chi connectivity index (χ0v) is 24.8. The average Bonchev–Trinajstić information content (AvgIpc) is 2.95. The number of nitrogens with one attached hydrogen (secondary N) is 2. The summed E-state index contributed by atoms with van der Waals surface area (Å²) in [6, 6.07) is 27.4. The third kappa shape index (κ3) is 7.48. The van der Waals surface area contributed by atoms with Gasteiger partial charge in [0.15, 0.2) is 0 Å². The van der Waals surface area contributed by atoms with E-state index in [0.29, 0.717) is 3.57 Å². The Kier molecular flexibility index (Phi) is 9.59. The SMILES string of the molecule is CCCc1ccc(S(=O)(=O)Nc2ccc(I)cc2C(=O)NC(Cc2ccc(-c3ccccc3)cc2)C(=O)O)cc1. The first-order chi connectivity index (χ1) is 19.2. The smallest absolute Gasteiger partial charge is 0.326 e. The lowest BCUT2D eigenvalue weighted by Crippen LogP contribution is -2.42. The van der Waals surface area contributed by atoms with Crippen LogP contribution in [0.2, 0.25) is 0 Å². The molecule has 0 bridgehead atoms. The lowest BCUT2D eigenvalue weighted by atomic mass is 10.0. The molecular weight excluding hydrogens is 639 g/mol. The maximum atomic E-state index is 13.3. The van der Waals surface area contributed by atoms with Crippen molar-refractivity contribution in [3.05, 3.63) is 117 Å². The highest BCUT2D eigenvalue weighted by atomic mass is 127. The number of carboxylic acid groups (broad SMARTS) is 1. The van der Waals surface area contributed by atoms with Crippen LogP contribution in [0.5, 0.6) is 0 Å². The Labute approximate surface area is 247 Å². The van der Waals surface area contributed by atoms with Crippen molar-refractivity contribution in [3.8, 4) is 11.1 Å². The van der Waals surface area contributed by atoms with Gasteiger partial charge in [0.2, 0.25) is 0 Å². The third-order valence-corrected chi connectivity index (χ3v) is 8.40. The number of hydrogen-bond acceptors (Lipinski definition) is 4. The second-order valence-electron chi connectivity index (χ2n) is 9.32. The molecule has 1 unspecified atom stereocenters. The van der Waals surface area contributed by atoms with E-state index in [1.807, 2.05) is 84.1 Å². The maximum absolute atomic E-state index is 13.3. The zero-order chi connectivity index (χ0) is 28.7. The van der Waals surface area contributed by atoms with Gasteiger partial charge in [0.25, 0.3) is 15.9 Å². The Balaban J connectivity index is 1.52. The fourth-order valence-electron chi connectivity index (χ4n) is 4.26. The molecule has 0 saturated carbocycles. The second kappa shape index (κ2) is 13.1. The number of sulfonamides is 1. The van der Waals surface area contributed by atoms with Gasteiger partial charge in [-0.15, -0.1) is 0 Å². The van der Waals surface area contributed by atoms with Crippen LogP contribution in [0.15, 0.2) is 102 Å². The van der Waals surface area contributed by atoms with Gasteiger partial charge >= 0.3 is 5.97 Å². The van der Waals surface area contributed by atoms with Crippen molar-refractivity contribution in [1.82, 2.24) is 5.32 Å². The number of anilines is 1. The topological polar surface area (TPSA) is 113 Å². The van der Waals surface area contributed by atoms with E-state index < -0.39 is 27.9 Å². The summed E-state index contributed by atoms with van der Waals surface area (Å²) in [5, 5.41) is 12.4. The van der Waals surface area contributed by atoms with E-state index in [4.69, 9.17) is 0 Å². The number of aryl methyl sites for hydroxylation is 1. The van der Waals surface area contributed by atoms with Gasteiger partial charge in [-0.2, -0.15) is 0 Å². The first kappa shape index (κ1) is 29.3. The van der Waals surface area contributed by atoms with Crippen molar-refractivity contribution >= 4 is 50.2 Å². The molecule has 0 fully saturated rings. The lowest BCUT2D eigenvalue weighted by molar-refractivity contribution is -0.139. The number of carbonyl (C=O) groups excluding carboxylic acids is 1. The van der Waals surface area contributed by atoms with E-state index in [1.165, 1.54) is 24.3 Å². The van der Waals surface area contributed by atoms with Crippen LogP contribution in [0, 0.1) is 3.57 Å². The van der Waals surface area contributed by atoms with Crippen molar-refractivity contribution in [2.24, 2.45) is 0 Å². The number of benzene rings is 4. The van der Waals surface area contributed by atoms with E-state index in [9.17, 15) is 23.1 Å². The monoisotopic (exact) mass is 668 g/mol. The molecule has 4 aromatic carbocycles. The molecule has 0 aliphatic heterocycles. The Morgan fingerprint density at radius 2 is 1.48 bits per heavy atom. The van der Waals surface area contributed by atoms with E-state index in [2.05, 4.69) is 10.0 Å². The Morgan fingerprint density at radius 1 is 0.850 bits per heavy atom. The number of carbonyl (C=O) groups is 2. The highest BCUT2D eigenvalue weighted by Crippen LogP contribution is 2.24. The summed E-state index contributed by atoms with van der Waals surface area (Å²) in [4.78, 5) is 25.4. The molecule has 7 nitrogen and oxygen atoms in total. The van der Waals surface area contributed by atoms with Crippen LogP contribution in [0.3, 0.4) is 0 Å². The van der Waals surface area contributed by atoms with Crippen LogP contribution in [0.1, 0.15) is 34.8 Å². The summed E-state index contributed by atoms with van der Waals surface area (Å²) in [6.07, 6.45) is 1.85. The molecule has 0 aromatic heterocycles. The molecular formula is C31H29IN2O5S. The number of carboxylic acids is 1. The number of aliphatic carboxylic acids is 1. The van der Waals surface area contributed by atoms with Crippen LogP contribution in [-0.2, 0) is 27.7 Å². The quantitative estimate of drug-likeness (QED) is 0.166. The summed E-state index contributed by atoms with van der Waals surface area (Å²) in [5.74, 6) is -1.89. The summed E-state index contributed by atoms with van der Waals surface area (Å²) < 4.78 is 29.4. The molecule has 0 radical (unpaired) electrons. The standard InChI is InChI=1S/C31H29IN2O5S/c1-2-6-21-11-16-26(17-12-21)40(38,39)34-28-18-15-25(32)20-27(28)30(35)33-29(31(36)37)19-22-9-13-24(14-10-22)23-7-4-3-5-8-23/h3-5,7-18,20,29,34H,2,6,19H2,1H3,(H,33,35)(H,36,37). The van der Waals surface area contributed by atoms with Crippen LogP contribution in [0.25, 0.3) is 11.1 Å². The van der Waals surface area contributed by atoms with E-state index >= 15 is 0 Å². The number of amides is 1. The second-order valence-corrected chi connectivity index (χ2v) is 12.2.